The topological polar surface area (TPSA) is 90.0 Å². The monoisotopic (exact) mass is 492 g/mol. The maximum Gasteiger partial charge on any atom is 0.304 e. The number of hydrogen-bond acceptors (Lipinski definition) is 4. The molecule has 8 nitrogen and oxygen atoms in total. The zero-order valence-electron chi connectivity index (χ0n) is 20.2. The van der Waals surface area contributed by atoms with Crippen LogP contribution in [0.25, 0.3) is 0 Å². The first-order chi connectivity index (χ1) is 16.0. The third-order valence-corrected chi connectivity index (χ3v) is 6.97. The van der Waals surface area contributed by atoms with Gasteiger partial charge in [-0.2, -0.15) is 12.7 Å². The molecule has 2 amide bonds. The lowest BCUT2D eigenvalue weighted by molar-refractivity contribution is -0.140. The van der Waals surface area contributed by atoms with E-state index < -0.39 is 34.5 Å². The van der Waals surface area contributed by atoms with E-state index in [-0.39, 0.29) is 24.2 Å². The Labute approximate surface area is 201 Å². The highest BCUT2D eigenvalue weighted by molar-refractivity contribution is 7.90. The molecule has 0 aromatic heterocycles. The van der Waals surface area contributed by atoms with Gasteiger partial charge >= 0.3 is 10.2 Å². The van der Waals surface area contributed by atoms with Crippen molar-refractivity contribution >= 4 is 27.7 Å². The summed E-state index contributed by atoms with van der Waals surface area (Å²) in [7, 11) is -1.38. The summed E-state index contributed by atoms with van der Waals surface area (Å²) in [4.78, 5) is 27.9. The summed E-state index contributed by atoms with van der Waals surface area (Å²) in [6.45, 7) is 5.03. The molecule has 1 N–H and O–H groups in total. The minimum absolute atomic E-state index is 0.125. The molecule has 0 saturated carbocycles. The third-order valence-electron chi connectivity index (χ3n) is 5.15. The first kappa shape index (κ1) is 27.3. The number of rotatable bonds is 11. The molecule has 0 heterocycles. The summed E-state index contributed by atoms with van der Waals surface area (Å²) in [6.07, 6.45) is 0.341. The highest BCUT2D eigenvalue weighted by Gasteiger charge is 2.33. The SMILES string of the molecule is CC[C@H](C(=O)NC(C)C)N(Cc1ccccc1)C(=O)CN(c1ccc(F)cc1)S(=O)(=O)N(C)C. The number of carbonyl (C=O) groups is 2. The maximum atomic E-state index is 13.6. The number of halogens is 1. The van der Waals surface area contributed by atoms with E-state index in [0.717, 1.165) is 26.3 Å². The van der Waals surface area contributed by atoms with E-state index in [0.29, 0.717) is 6.42 Å². The highest BCUT2D eigenvalue weighted by Crippen LogP contribution is 2.21. The average Bonchev–Trinajstić information content (AvgIpc) is 2.78. The van der Waals surface area contributed by atoms with Crippen molar-refractivity contribution in [2.24, 2.45) is 0 Å². The fourth-order valence-corrected chi connectivity index (χ4v) is 4.46. The second-order valence-electron chi connectivity index (χ2n) is 8.37. The van der Waals surface area contributed by atoms with Crippen LogP contribution in [0.3, 0.4) is 0 Å². The van der Waals surface area contributed by atoms with Gasteiger partial charge in [0.25, 0.3) is 0 Å². The van der Waals surface area contributed by atoms with Gasteiger partial charge in [-0.15, -0.1) is 0 Å². The lowest BCUT2D eigenvalue weighted by atomic mass is 10.1. The fourth-order valence-electron chi connectivity index (χ4n) is 3.40. The fraction of sp³-hybridized carbons (Fsp3) is 0.417. The predicted molar refractivity (Wildman–Crippen MR) is 131 cm³/mol. The summed E-state index contributed by atoms with van der Waals surface area (Å²) in [5.74, 6) is -1.39. The lowest BCUT2D eigenvalue weighted by Crippen LogP contribution is -2.54. The van der Waals surface area contributed by atoms with Crippen LogP contribution in [-0.4, -0.2) is 62.2 Å². The molecule has 0 bridgehead atoms. The second kappa shape index (κ2) is 11.9. The quantitative estimate of drug-likeness (QED) is 0.522. The lowest BCUT2D eigenvalue weighted by Gasteiger charge is -2.34. The third kappa shape index (κ3) is 7.01. The molecule has 2 aromatic rings. The number of benzene rings is 2. The van der Waals surface area contributed by atoms with Gasteiger partial charge in [-0.05, 0) is 50.1 Å². The van der Waals surface area contributed by atoms with Gasteiger partial charge in [-0.1, -0.05) is 37.3 Å². The molecule has 0 radical (unpaired) electrons. The van der Waals surface area contributed by atoms with Gasteiger partial charge in [0.05, 0.1) is 5.69 Å². The first-order valence-electron chi connectivity index (χ1n) is 11.1. The average molecular weight is 493 g/mol. The number of hydrogen-bond donors (Lipinski definition) is 1. The van der Waals surface area contributed by atoms with Crippen molar-refractivity contribution < 1.29 is 22.4 Å². The molecule has 0 aliphatic rings. The van der Waals surface area contributed by atoms with Crippen LogP contribution in [0.4, 0.5) is 10.1 Å². The van der Waals surface area contributed by atoms with Crippen molar-refractivity contribution in [3.05, 3.63) is 66.0 Å². The maximum absolute atomic E-state index is 13.6. The largest absolute Gasteiger partial charge is 0.352 e. The summed E-state index contributed by atoms with van der Waals surface area (Å²) >= 11 is 0. The summed E-state index contributed by atoms with van der Waals surface area (Å²) < 4.78 is 41.5. The molecule has 1 atom stereocenters. The summed E-state index contributed by atoms with van der Waals surface area (Å²) in [5.41, 5.74) is 0.943. The molecule has 0 aliphatic carbocycles. The van der Waals surface area contributed by atoms with Crippen molar-refractivity contribution in [1.29, 1.82) is 0 Å². The van der Waals surface area contributed by atoms with E-state index in [1.54, 1.807) is 6.92 Å². The highest BCUT2D eigenvalue weighted by atomic mass is 32.2. The molecule has 2 rings (SSSR count). The van der Waals surface area contributed by atoms with E-state index in [1.807, 2.05) is 44.2 Å². The van der Waals surface area contributed by atoms with Gasteiger partial charge in [-0.3, -0.25) is 9.59 Å². The minimum Gasteiger partial charge on any atom is -0.352 e. The van der Waals surface area contributed by atoms with Crippen LogP contribution >= 0.6 is 0 Å². The van der Waals surface area contributed by atoms with Crippen LogP contribution in [0.15, 0.2) is 54.6 Å². The Morgan fingerprint density at radius 2 is 1.59 bits per heavy atom. The Balaban J connectivity index is 2.47. The van der Waals surface area contributed by atoms with E-state index in [2.05, 4.69) is 5.32 Å². The molecule has 0 spiro atoms. The van der Waals surface area contributed by atoms with E-state index in [9.17, 15) is 22.4 Å². The zero-order chi connectivity index (χ0) is 25.5. The predicted octanol–water partition coefficient (Wildman–Crippen LogP) is 2.77. The molecule has 10 heteroatoms. The van der Waals surface area contributed by atoms with E-state index >= 15 is 0 Å². The van der Waals surface area contributed by atoms with Crippen molar-refractivity contribution in [3.8, 4) is 0 Å². The number of carbonyl (C=O) groups excluding carboxylic acids is 2. The van der Waals surface area contributed by atoms with E-state index in [4.69, 9.17) is 0 Å². The number of nitrogens with zero attached hydrogens (tertiary/aromatic N) is 3. The first-order valence-corrected chi connectivity index (χ1v) is 12.5. The van der Waals surface area contributed by atoms with Crippen LogP contribution in [0.2, 0.25) is 0 Å². The smallest absolute Gasteiger partial charge is 0.304 e. The Hall–Kier alpha value is -2.98. The Morgan fingerprint density at radius 1 is 1.00 bits per heavy atom. The van der Waals surface area contributed by atoms with Gasteiger partial charge in [-0.25, -0.2) is 8.70 Å². The number of anilines is 1. The van der Waals surface area contributed by atoms with E-state index in [1.165, 1.54) is 31.1 Å². The summed E-state index contributed by atoms with van der Waals surface area (Å²) in [5, 5.41) is 2.84. The van der Waals surface area contributed by atoms with Crippen molar-refractivity contribution in [1.82, 2.24) is 14.5 Å². The van der Waals surface area contributed by atoms with Crippen molar-refractivity contribution in [2.75, 3.05) is 24.9 Å². The normalized spacial score (nSPS) is 12.5. The Kier molecular flexibility index (Phi) is 9.57. The van der Waals surface area contributed by atoms with Crippen LogP contribution < -0.4 is 9.62 Å². The molecule has 0 fully saturated rings. The minimum atomic E-state index is -4.08. The van der Waals surface area contributed by atoms with Crippen LogP contribution in [0.5, 0.6) is 0 Å². The molecule has 0 aliphatic heterocycles. The molecule has 2 aromatic carbocycles. The van der Waals surface area contributed by atoms with Gasteiger partial charge in [0.2, 0.25) is 11.8 Å². The number of amides is 2. The Bertz CT molecular complexity index is 1060. The van der Waals surface area contributed by atoms with Gasteiger partial charge in [0.15, 0.2) is 0 Å². The van der Waals surface area contributed by atoms with Crippen LogP contribution in [-0.2, 0) is 26.3 Å². The zero-order valence-corrected chi connectivity index (χ0v) is 21.0. The molecule has 34 heavy (non-hydrogen) atoms. The standard InChI is InChI=1S/C24H33FN4O4S/c1-6-22(24(31)26-18(2)3)28(16-19-10-8-7-9-11-19)23(30)17-29(34(32,33)27(4)5)21-14-12-20(25)13-15-21/h7-15,18,22H,6,16-17H2,1-5H3,(H,26,31)/t22-/m1/s1. The molecule has 186 valence electrons. The van der Waals surface area contributed by atoms with Crippen LogP contribution in [0.1, 0.15) is 32.8 Å². The van der Waals surface area contributed by atoms with Crippen molar-refractivity contribution in [3.63, 3.8) is 0 Å². The van der Waals surface area contributed by atoms with Gasteiger partial charge < -0.3 is 10.2 Å². The molecular formula is C24H33FN4O4S. The summed E-state index contributed by atoms with van der Waals surface area (Å²) in [6, 6.07) is 13.1. The molecular weight excluding hydrogens is 459 g/mol. The Morgan fingerprint density at radius 3 is 2.09 bits per heavy atom. The van der Waals surface area contributed by atoms with Gasteiger partial charge in [0, 0.05) is 26.7 Å². The molecule has 0 saturated heterocycles. The molecule has 0 unspecified atom stereocenters. The second-order valence-corrected chi connectivity index (χ2v) is 10.4. The van der Waals surface area contributed by atoms with Crippen molar-refractivity contribution in [2.45, 2.75) is 45.8 Å². The number of nitrogens with one attached hydrogen (secondary N) is 1. The van der Waals surface area contributed by atoms with Gasteiger partial charge in [0.1, 0.15) is 18.4 Å². The van der Waals surface area contributed by atoms with Crippen LogP contribution in [0, 0.1) is 5.82 Å².